The van der Waals surface area contributed by atoms with Gasteiger partial charge in [0.2, 0.25) is 0 Å². The Hall–Kier alpha value is -0.730. The van der Waals surface area contributed by atoms with Crippen molar-refractivity contribution in [2.45, 2.75) is 46.1 Å². The second-order valence-electron chi connectivity index (χ2n) is 5.48. The highest BCUT2D eigenvalue weighted by atomic mass is 16.7. The molecule has 0 aromatic rings. The van der Waals surface area contributed by atoms with E-state index in [-0.39, 0.29) is 16.9 Å². The normalized spacial score (nSPS) is 43.9. The minimum absolute atomic E-state index is 0.0516. The molecule has 3 heteroatoms. The van der Waals surface area contributed by atoms with Crippen molar-refractivity contribution in [2.75, 3.05) is 0 Å². The van der Waals surface area contributed by atoms with Gasteiger partial charge < -0.3 is 9.84 Å². The third-order valence-corrected chi connectivity index (χ3v) is 4.96. The Kier molecular flexibility index (Phi) is 1.85. The van der Waals surface area contributed by atoms with Crippen LogP contribution in [0.15, 0.2) is 0 Å². The van der Waals surface area contributed by atoms with Gasteiger partial charge in [-0.1, -0.05) is 20.8 Å². The molecule has 2 rings (SSSR count). The maximum atomic E-state index is 10.6. The molecular weight excluding hydrogens is 180 g/mol. The van der Waals surface area contributed by atoms with Gasteiger partial charge in [0.15, 0.2) is 0 Å². The summed E-state index contributed by atoms with van der Waals surface area (Å²) in [6.45, 7) is 6.67. The minimum atomic E-state index is -1.13. The lowest BCUT2D eigenvalue weighted by Gasteiger charge is -2.37. The second-order valence-corrected chi connectivity index (χ2v) is 5.48. The summed E-state index contributed by atoms with van der Waals surface area (Å²) in [7, 11) is 0. The Balaban J connectivity index is 2.23. The molecular formula is C11H18O3. The summed E-state index contributed by atoms with van der Waals surface area (Å²) in [6, 6.07) is 0. The van der Waals surface area contributed by atoms with Gasteiger partial charge in [-0.3, -0.25) is 0 Å². The fourth-order valence-electron chi connectivity index (χ4n) is 3.43. The van der Waals surface area contributed by atoms with E-state index >= 15 is 0 Å². The van der Waals surface area contributed by atoms with E-state index < -0.39 is 6.16 Å². The van der Waals surface area contributed by atoms with Gasteiger partial charge in [0.25, 0.3) is 0 Å². The number of hydrogen-bond acceptors (Lipinski definition) is 2. The average Bonchev–Trinajstić information content (AvgIpc) is 2.35. The zero-order valence-electron chi connectivity index (χ0n) is 9.04. The molecule has 2 aliphatic rings. The maximum absolute atomic E-state index is 10.6. The molecule has 3 atom stereocenters. The van der Waals surface area contributed by atoms with E-state index in [9.17, 15) is 4.79 Å². The standard InChI is InChI=1S/C11H18O3/c1-10(2)7-4-5-11(10,3)8(6-7)14-9(12)13/h7-8H,4-6H2,1-3H3,(H,12,13)/t7-,8+,11+/m1/s1. The van der Waals surface area contributed by atoms with Crippen LogP contribution in [0.2, 0.25) is 0 Å². The van der Waals surface area contributed by atoms with Gasteiger partial charge in [0.05, 0.1) is 0 Å². The largest absolute Gasteiger partial charge is 0.506 e. The zero-order chi connectivity index (χ0) is 10.6. The number of rotatable bonds is 1. The predicted octanol–water partition coefficient (Wildman–Crippen LogP) is 2.90. The topological polar surface area (TPSA) is 46.5 Å². The van der Waals surface area contributed by atoms with Gasteiger partial charge in [-0.15, -0.1) is 0 Å². The molecule has 0 aromatic heterocycles. The maximum Gasteiger partial charge on any atom is 0.506 e. The number of fused-ring (bicyclic) bond motifs is 2. The number of carbonyl (C=O) groups is 1. The van der Waals surface area contributed by atoms with E-state index in [0.717, 1.165) is 12.8 Å². The zero-order valence-corrected chi connectivity index (χ0v) is 9.04. The van der Waals surface area contributed by atoms with Gasteiger partial charge in [0, 0.05) is 5.41 Å². The van der Waals surface area contributed by atoms with E-state index in [4.69, 9.17) is 9.84 Å². The fourth-order valence-corrected chi connectivity index (χ4v) is 3.43. The van der Waals surface area contributed by atoms with E-state index in [1.165, 1.54) is 6.42 Å². The molecule has 0 heterocycles. The number of ether oxygens (including phenoxy) is 1. The lowest BCUT2D eigenvalue weighted by atomic mass is 9.70. The Morgan fingerprint density at radius 1 is 1.43 bits per heavy atom. The van der Waals surface area contributed by atoms with Gasteiger partial charge in [-0.2, -0.15) is 0 Å². The first-order valence-electron chi connectivity index (χ1n) is 5.27. The summed E-state index contributed by atoms with van der Waals surface area (Å²) in [5.41, 5.74) is 0.281. The molecule has 0 aliphatic heterocycles. The summed E-state index contributed by atoms with van der Waals surface area (Å²) in [5.74, 6) is 0.636. The Labute approximate surface area is 84.4 Å². The van der Waals surface area contributed by atoms with Crippen molar-refractivity contribution in [3.8, 4) is 0 Å². The van der Waals surface area contributed by atoms with Crippen molar-refractivity contribution in [2.24, 2.45) is 16.7 Å². The molecule has 0 radical (unpaired) electrons. The van der Waals surface area contributed by atoms with E-state index in [1.54, 1.807) is 0 Å². The van der Waals surface area contributed by atoms with E-state index in [0.29, 0.717) is 5.92 Å². The van der Waals surface area contributed by atoms with E-state index in [2.05, 4.69) is 20.8 Å². The van der Waals surface area contributed by atoms with Crippen LogP contribution in [0.3, 0.4) is 0 Å². The van der Waals surface area contributed by atoms with Crippen LogP contribution in [-0.2, 0) is 4.74 Å². The Morgan fingerprint density at radius 3 is 2.43 bits per heavy atom. The van der Waals surface area contributed by atoms with Crippen LogP contribution in [0.1, 0.15) is 40.0 Å². The molecule has 0 unspecified atom stereocenters. The first-order valence-corrected chi connectivity index (χ1v) is 5.27. The van der Waals surface area contributed by atoms with Crippen molar-refractivity contribution >= 4 is 6.16 Å². The van der Waals surface area contributed by atoms with Gasteiger partial charge in [-0.05, 0) is 30.6 Å². The highest BCUT2D eigenvalue weighted by molar-refractivity contribution is 5.57. The molecule has 0 amide bonds. The first kappa shape index (κ1) is 9.81. The SMILES string of the molecule is CC1(C)[C@@H]2CC[C@@]1(C)[C@@H](OC(=O)O)C2. The summed E-state index contributed by atoms with van der Waals surface area (Å²) >= 11 is 0. The van der Waals surface area contributed by atoms with Crippen molar-refractivity contribution in [1.29, 1.82) is 0 Å². The first-order chi connectivity index (χ1) is 6.38. The van der Waals surface area contributed by atoms with Crippen molar-refractivity contribution < 1.29 is 14.6 Å². The van der Waals surface area contributed by atoms with Crippen LogP contribution in [-0.4, -0.2) is 17.4 Å². The third-order valence-electron chi connectivity index (χ3n) is 4.96. The Morgan fingerprint density at radius 2 is 2.07 bits per heavy atom. The minimum Gasteiger partial charge on any atom is -0.450 e. The third kappa shape index (κ3) is 1.01. The van der Waals surface area contributed by atoms with Gasteiger partial charge in [0.1, 0.15) is 6.10 Å². The molecule has 3 nitrogen and oxygen atoms in total. The lowest BCUT2D eigenvalue weighted by molar-refractivity contribution is -0.0255. The number of carboxylic acid groups (broad SMARTS) is 1. The lowest BCUT2D eigenvalue weighted by Crippen LogP contribution is -2.38. The second kappa shape index (κ2) is 2.65. The fraction of sp³-hybridized carbons (Fsp3) is 0.909. The molecule has 14 heavy (non-hydrogen) atoms. The monoisotopic (exact) mass is 198 g/mol. The van der Waals surface area contributed by atoms with Crippen LogP contribution in [0.25, 0.3) is 0 Å². The molecule has 0 spiro atoms. The average molecular weight is 198 g/mol. The molecule has 2 saturated carbocycles. The molecule has 2 bridgehead atoms. The molecule has 80 valence electrons. The smallest absolute Gasteiger partial charge is 0.450 e. The van der Waals surface area contributed by atoms with Gasteiger partial charge >= 0.3 is 6.16 Å². The predicted molar refractivity (Wildman–Crippen MR) is 52.1 cm³/mol. The highest BCUT2D eigenvalue weighted by Gasteiger charge is 2.62. The van der Waals surface area contributed by atoms with Crippen LogP contribution in [0.4, 0.5) is 4.79 Å². The summed E-state index contributed by atoms with van der Waals surface area (Å²) in [6.07, 6.45) is 2.02. The molecule has 2 fully saturated rings. The van der Waals surface area contributed by atoms with Crippen LogP contribution >= 0.6 is 0 Å². The molecule has 0 aromatic carbocycles. The van der Waals surface area contributed by atoms with Crippen LogP contribution in [0.5, 0.6) is 0 Å². The summed E-state index contributed by atoms with van der Waals surface area (Å²) in [5, 5.41) is 8.66. The number of hydrogen-bond donors (Lipinski definition) is 1. The van der Waals surface area contributed by atoms with Gasteiger partial charge in [-0.25, -0.2) is 4.79 Å². The van der Waals surface area contributed by atoms with E-state index in [1.807, 2.05) is 0 Å². The molecule has 0 saturated heterocycles. The van der Waals surface area contributed by atoms with Crippen molar-refractivity contribution in [3.05, 3.63) is 0 Å². The summed E-state index contributed by atoms with van der Waals surface area (Å²) in [4.78, 5) is 10.6. The quantitative estimate of drug-likeness (QED) is 0.659. The Bertz CT molecular complexity index is 272. The van der Waals surface area contributed by atoms with Crippen molar-refractivity contribution in [1.82, 2.24) is 0 Å². The molecule has 2 aliphatic carbocycles. The highest BCUT2D eigenvalue weighted by Crippen LogP contribution is 2.66. The van der Waals surface area contributed by atoms with Crippen molar-refractivity contribution in [3.63, 3.8) is 0 Å². The van der Waals surface area contributed by atoms with Crippen LogP contribution < -0.4 is 0 Å². The summed E-state index contributed by atoms with van der Waals surface area (Å²) < 4.78 is 5.00. The van der Waals surface area contributed by atoms with Crippen LogP contribution in [0, 0.1) is 16.7 Å². The molecule has 1 N–H and O–H groups in total.